The van der Waals surface area contributed by atoms with E-state index in [0.29, 0.717) is 5.56 Å². The summed E-state index contributed by atoms with van der Waals surface area (Å²) in [7, 11) is 1.27. The molecule has 5 heteroatoms. The van der Waals surface area contributed by atoms with Crippen molar-refractivity contribution >= 4 is 17.6 Å². The Balaban J connectivity index is 3.15. The molecule has 1 aromatic rings. The summed E-state index contributed by atoms with van der Waals surface area (Å²) in [6.45, 7) is 0. The van der Waals surface area contributed by atoms with Gasteiger partial charge in [-0.2, -0.15) is 5.26 Å². The van der Waals surface area contributed by atoms with Crippen LogP contribution in [0.15, 0.2) is 12.3 Å². The van der Waals surface area contributed by atoms with Gasteiger partial charge in [-0.15, -0.1) is 0 Å². The van der Waals surface area contributed by atoms with Gasteiger partial charge in [-0.25, -0.2) is 9.78 Å². The van der Waals surface area contributed by atoms with Crippen LogP contribution in [-0.4, -0.2) is 18.1 Å². The highest BCUT2D eigenvalue weighted by molar-refractivity contribution is 6.29. The van der Waals surface area contributed by atoms with Crippen LogP contribution in [0.2, 0.25) is 5.15 Å². The highest BCUT2D eigenvalue weighted by atomic mass is 35.5. The maximum absolute atomic E-state index is 11.2. The summed E-state index contributed by atoms with van der Waals surface area (Å²) in [5, 5.41) is 8.78. The molecule has 0 N–H and O–H groups in total. The summed E-state index contributed by atoms with van der Waals surface area (Å²) in [4.78, 5) is 15.0. The normalized spacial score (nSPS) is 9.21. The van der Waals surface area contributed by atoms with Crippen LogP contribution in [0.3, 0.4) is 0 Å². The SMILES string of the molecule is COC(=O)c1cnc(Cl)cc1CC#N. The Labute approximate surface area is 86.1 Å². The van der Waals surface area contributed by atoms with Gasteiger partial charge in [-0.1, -0.05) is 11.6 Å². The average molecular weight is 211 g/mol. The third kappa shape index (κ3) is 2.21. The van der Waals surface area contributed by atoms with E-state index in [0.717, 1.165) is 0 Å². The van der Waals surface area contributed by atoms with Crippen molar-refractivity contribution in [1.29, 1.82) is 5.26 Å². The number of ether oxygens (including phenoxy) is 1. The van der Waals surface area contributed by atoms with Gasteiger partial charge in [0.2, 0.25) is 0 Å². The largest absolute Gasteiger partial charge is 0.465 e. The fraction of sp³-hybridized carbons (Fsp3) is 0.222. The van der Waals surface area contributed by atoms with Crippen LogP contribution < -0.4 is 0 Å². The Kier molecular flexibility index (Phi) is 3.43. The maximum Gasteiger partial charge on any atom is 0.339 e. The Morgan fingerprint density at radius 3 is 3.07 bits per heavy atom. The molecule has 0 spiro atoms. The predicted octanol–water partition coefficient (Wildman–Crippen LogP) is 1.59. The fourth-order valence-electron chi connectivity index (χ4n) is 0.993. The smallest absolute Gasteiger partial charge is 0.339 e. The first-order chi connectivity index (χ1) is 6.69. The van der Waals surface area contributed by atoms with Crippen LogP contribution in [-0.2, 0) is 11.2 Å². The lowest BCUT2D eigenvalue weighted by molar-refractivity contribution is 0.0599. The number of carbonyl (C=O) groups is 1. The van der Waals surface area contributed by atoms with Gasteiger partial charge < -0.3 is 4.74 Å². The minimum absolute atomic E-state index is 0.104. The number of hydrogen-bond acceptors (Lipinski definition) is 4. The van der Waals surface area contributed by atoms with E-state index in [2.05, 4.69) is 9.72 Å². The predicted molar refractivity (Wildman–Crippen MR) is 49.9 cm³/mol. The van der Waals surface area contributed by atoms with E-state index in [1.807, 2.05) is 6.07 Å². The fourth-order valence-corrected chi connectivity index (χ4v) is 1.17. The van der Waals surface area contributed by atoms with Gasteiger partial charge in [-0.3, -0.25) is 0 Å². The Morgan fingerprint density at radius 1 is 1.79 bits per heavy atom. The third-order valence-electron chi connectivity index (χ3n) is 1.63. The number of nitrogens with zero attached hydrogens (tertiary/aromatic N) is 2. The molecule has 0 atom stereocenters. The molecular formula is C9H7ClN2O2. The van der Waals surface area contributed by atoms with Gasteiger partial charge in [0.1, 0.15) is 5.15 Å². The van der Waals surface area contributed by atoms with Crippen LogP contribution in [0.25, 0.3) is 0 Å². The van der Waals surface area contributed by atoms with Crippen molar-refractivity contribution in [2.45, 2.75) is 6.42 Å². The van der Waals surface area contributed by atoms with Crippen molar-refractivity contribution in [2.75, 3.05) is 7.11 Å². The van der Waals surface area contributed by atoms with E-state index >= 15 is 0 Å². The number of nitriles is 1. The number of carbonyl (C=O) groups excluding carboxylic acids is 1. The topological polar surface area (TPSA) is 63.0 Å². The summed E-state index contributed by atoms with van der Waals surface area (Å²) in [5.41, 5.74) is 0.804. The van der Waals surface area contributed by atoms with Gasteiger partial charge in [0.05, 0.1) is 25.2 Å². The highest BCUT2D eigenvalue weighted by Gasteiger charge is 2.12. The minimum Gasteiger partial charge on any atom is -0.465 e. The van der Waals surface area contributed by atoms with Crippen molar-refractivity contribution in [1.82, 2.24) is 4.98 Å². The van der Waals surface area contributed by atoms with Crippen molar-refractivity contribution in [3.8, 4) is 6.07 Å². The number of methoxy groups -OCH3 is 1. The molecule has 0 amide bonds. The van der Waals surface area contributed by atoms with Gasteiger partial charge >= 0.3 is 5.97 Å². The second-order valence-corrected chi connectivity index (χ2v) is 2.88. The molecule has 0 fully saturated rings. The summed E-state index contributed by atoms with van der Waals surface area (Å²) < 4.78 is 4.53. The molecule has 0 aliphatic carbocycles. The first-order valence-electron chi connectivity index (χ1n) is 3.78. The number of esters is 1. The highest BCUT2D eigenvalue weighted by Crippen LogP contribution is 2.14. The van der Waals surface area contributed by atoms with Gasteiger partial charge in [0.25, 0.3) is 0 Å². The Bertz CT molecular complexity index is 398. The molecule has 1 rings (SSSR count). The molecule has 0 aliphatic heterocycles. The van der Waals surface area contributed by atoms with Gasteiger partial charge in [-0.05, 0) is 11.6 Å². The van der Waals surface area contributed by atoms with Crippen molar-refractivity contribution in [3.05, 3.63) is 28.5 Å². The average Bonchev–Trinajstić information content (AvgIpc) is 2.17. The third-order valence-corrected chi connectivity index (χ3v) is 1.84. The number of pyridine rings is 1. The Morgan fingerprint density at radius 2 is 2.50 bits per heavy atom. The van der Waals surface area contributed by atoms with Crippen LogP contribution >= 0.6 is 11.6 Å². The van der Waals surface area contributed by atoms with Crippen molar-refractivity contribution < 1.29 is 9.53 Å². The quantitative estimate of drug-likeness (QED) is 0.549. The molecule has 1 heterocycles. The van der Waals surface area contributed by atoms with E-state index < -0.39 is 5.97 Å². The molecular weight excluding hydrogens is 204 g/mol. The molecule has 0 bridgehead atoms. The summed E-state index contributed by atoms with van der Waals surface area (Å²) in [5.74, 6) is -0.514. The molecule has 14 heavy (non-hydrogen) atoms. The molecule has 0 saturated carbocycles. The zero-order chi connectivity index (χ0) is 10.6. The molecule has 0 radical (unpaired) electrons. The van der Waals surface area contributed by atoms with Crippen molar-refractivity contribution in [3.63, 3.8) is 0 Å². The van der Waals surface area contributed by atoms with Gasteiger partial charge in [0.15, 0.2) is 0 Å². The van der Waals surface area contributed by atoms with Crippen LogP contribution in [0.4, 0.5) is 0 Å². The first-order valence-corrected chi connectivity index (χ1v) is 4.16. The molecule has 0 aliphatic rings. The monoisotopic (exact) mass is 210 g/mol. The Hall–Kier alpha value is -1.60. The second-order valence-electron chi connectivity index (χ2n) is 2.49. The van der Waals surface area contributed by atoms with E-state index in [1.54, 1.807) is 0 Å². The van der Waals surface area contributed by atoms with E-state index in [9.17, 15) is 4.79 Å². The lowest BCUT2D eigenvalue weighted by Gasteiger charge is -2.03. The molecule has 1 aromatic heterocycles. The number of rotatable bonds is 2. The molecule has 0 saturated heterocycles. The number of halogens is 1. The van der Waals surface area contributed by atoms with Crippen LogP contribution in [0, 0.1) is 11.3 Å². The molecule has 0 unspecified atom stereocenters. The molecule has 4 nitrogen and oxygen atoms in total. The van der Waals surface area contributed by atoms with E-state index in [1.165, 1.54) is 19.4 Å². The zero-order valence-electron chi connectivity index (χ0n) is 7.45. The van der Waals surface area contributed by atoms with E-state index in [-0.39, 0.29) is 17.1 Å². The van der Waals surface area contributed by atoms with Crippen LogP contribution in [0.5, 0.6) is 0 Å². The minimum atomic E-state index is -0.514. The zero-order valence-corrected chi connectivity index (χ0v) is 8.21. The lowest BCUT2D eigenvalue weighted by Crippen LogP contribution is -2.06. The lowest BCUT2D eigenvalue weighted by atomic mass is 10.1. The van der Waals surface area contributed by atoms with Crippen molar-refractivity contribution in [2.24, 2.45) is 0 Å². The summed E-state index contributed by atoms with van der Waals surface area (Å²) in [6, 6.07) is 3.42. The molecule has 72 valence electrons. The summed E-state index contributed by atoms with van der Waals surface area (Å²) in [6.07, 6.45) is 1.41. The second kappa shape index (κ2) is 4.58. The number of hydrogen-bond donors (Lipinski definition) is 0. The standard InChI is InChI=1S/C9H7ClN2O2/c1-14-9(13)7-5-12-8(10)4-6(7)2-3-11/h4-5H,2H2,1H3. The molecule has 0 aromatic carbocycles. The summed E-state index contributed by atoms with van der Waals surface area (Å²) >= 11 is 5.63. The van der Waals surface area contributed by atoms with Crippen LogP contribution in [0.1, 0.15) is 15.9 Å². The first kappa shape index (κ1) is 10.5. The van der Waals surface area contributed by atoms with E-state index in [4.69, 9.17) is 16.9 Å². The number of aromatic nitrogens is 1. The maximum atomic E-state index is 11.2. The van der Waals surface area contributed by atoms with Gasteiger partial charge in [0, 0.05) is 6.20 Å².